The molecule has 0 amide bonds. The highest BCUT2D eigenvalue weighted by Crippen LogP contribution is 2.31. The number of benzene rings is 2. The van der Waals surface area contributed by atoms with Gasteiger partial charge in [-0.1, -0.05) is 63.2 Å². The van der Waals surface area contributed by atoms with E-state index in [1.807, 2.05) is 62.4 Å². The first-order chi connectivity index (χ1) is 19.3. The maximum atomic E-state index is 12.2. The summed E-state index contributed by atoms with van der Waals surface area (Å²) in [5.74, 6) is -0.0848. The molecule has 0 radical (unpaired) electrons. The van der Waals surface area contributed by atoms with E-state index in [2.05, 4.69) is 4.84 Å². The molecule has 0 spiro atoms. The first-order valence-electron chi connectivity index (χ1n) is 12.4. The molecule has 40 heavy (non-hydrogen) atoms. The van der Waals surface area contributed by atoms with Crippen LogP contribution in [0.3, 0.4) is 0 Å². The largest absolute Gasteiger partial charge is 0.489 e. The Labute approximate surface area is 245 Å². The molecular formula is C28H31NO8S3. The summed E-state index contributed by atoms with van der Waals surface area (Å²) >= 11 is 5.19. The van der Waals surface area contributed by atoms with E-state index in [1.54, 1.807) is 38.9 Å². The number of ether oxygens (including phenoxy) is 3. The molecule has 3 aromatic rings. The van der Waals surface area contributed by atoms with Crippen LogP contribution in [-0.4, -0.2) is 30.2 Å². The Morgan fingerprint density at radius 2 is 1.62 bits per heavy atom. The lowest BCUT2D eigenvalue weighted by atomic mass is 10.2. The number of rotatable bonds is 14. The quantitative estimate of drug-likeness (QED) is 0.0268. The van der Waals surface area contributed by atoms with Gasteiger partial charge < -0.3 is 19.0 Å². The Bertz CT molecular complexity index is 1300. The molecule has 0 saturated carbocycles. The van der Waals surface area contributed by atoms with Gasteiger partial charge in [0.15, 0.2) is 0 Å². The van der Waals surface area contributed by atoms with Crippen molar-refractivity contribution in [2.75, 3.05) is 13.2 Å². The first kappa shape index (κ1) is 32.6. The van der Waals surface area contributed by atoms with E-state index < -0.39 is 17.0 Å². The zero-order valence-electron chi connectivity index (χ0n) is 22.2. The van der Waals surface area contributed by atoms with E-state index in [0.717, 1.165) is 14.3 Å². The normalized spacial score (nSPS) is 10.3. The van der Waals surface area contributed by atoms with E-state index in [-0.39, 0.29) is 32.7 Å². The summed E-state index contributed by atoms with van der Waals surface area (Å²) in [6, 6.07) is 16.7. The lowest BCUT2D eigenvalue weighted by molar-refractivity contribution is -0.757. The van der Waals surface area contributed by atoms with Gasteiger partial charge in [-0.15, -0.1) is 10.1 Å². The van der Waals surface area contributed by atoms with Crippen molar-refractivity contribution < 1.29 is 33.7 Å². The standard InChI is InChI=1S/C24H23NO8S3.C4H8/c26-22(30-13-3-4-14-32-25(28)29)11-12-23(27)33-20-6-2-1-5-18(20)16-31-19-9-7-17(8-10-19)21-15-24(34)36-35-21;1-3-4-2/h1-2,5-10,15H,3-4,11-14,16H2;3-4H,1-2H3/b;4-3-. The molecule has 0 aliphatic carbocycles. The van der Waals surface area contributed by atoms with Gasteiger partial charge in [0, 0.05) is 10.4 Å². The summed E-state index contributed by atoms with van der Waals surface area (Å²) in [4.78, 5) is 39.4. The zero-order chi connectivity index (χ0) is 29.2. The Hall–Kier alpha value is -3.61. The van der Waals surface area contributed by atoms with Gasteiger partial charge >= 0.3 is 11.9 Å². The van der Waals surface area contributed by atoms with E-state index >= 15 is 0 Å². The predicted octanol–water partition coefficient (Wildman–Crippen LogP) is 7.58. The Balaban J connectivity index is 0.00000131. The highest BCUT2D eigenvalue weighted by atomic mass is 32.9. The molecule has 214 valence electrons. The summed E-state index contributed by atoms with van der Waals surface area (Å²) in [6.45, 7) is 4.23. The zero-order valence-corrected chi connectivity index (χ0v) is 24.7. The maximum absolute atomic E-state index is 12.2. The van der Waals surface area contributed by atoms with E-state index in [0.29, 0.717) is 29.9 Å². The third-order valence-corrected chi connectivity index (χ3v) is 7.97. The van der Waals surface area contributed by atoms with Crippen LogP contribution in [-0.2, 0) is 25.8 Å². The van der Waals surface area contributed by atoms with Crippen LogP contribution in [0, 0.1) is 13.9 Å². The summed E-state index contributed by atoms with van der Waals surface area (Å²) in [5, 5.41) is 9.17. The van der Waals surface area contributed by atoms with Gasteiger partial charge in [0.1, 0.15) is 21.9 Å². The van der Waals surface area contributed by atoms with Crippen molar-refractivity contribution >= 4 is 44.8 Å². The minimum atomic E-state index is -0.871. The van der Waals surface area contributed by atoms with Gasteiger partial charge in [-0.05, 0) is 68.7 Å². The third-order valence-electron chi connectivity index (χ3n) is 5.06. The van der Waals surface area contributed by atoms with E-state index in [1.165, 1.54) is 0 Å². The number of hydrogen-bond donors (Lipinski definition) is 0. The second-order valence-corrected chi connectivity index (χ2v) is 11.0. The summed E-state index contributed by atoms with van der Waals surface area (Å²) < 4.78 is 17.2. The van der Waals surface area contributed by atoms with E-state index in [9.17, 15) is 19.7 Å². The smallest absolute Gasteiger partial charge is 0.311 e. The van der Waals surface area contributed by atoms with Crippen LogP contribution in [0.2, 0.25) is 0 Å². The van der Waals surface area contributed by atoms with Crippen LogP contribution in [0.5, 0.6) is 11.5 Å². The van der Waals surface area contributed by atoms with Gasteiger partial charge in [-0.2, -0.15) is 0 Å². The fourth-order valence-corrected chi connectivity index (χ4v) is 5.35. The van der Waals surface area contributed by atoms with Crippen LogP contribution >= 0.6 is 32.9 Å². The molecule has 12 heteroatoms. The van der Waals surface area contributed by atoms with Crippen LogP contribution in [0.15, 0.2) is 66.7 Å². The lowest BCUT2D eigenvalue weighted by Gasteiger charge is -2.12. The Morgan fingerprint density at radius 1 is 0.950 bits per heavy atom. The summed E-state index contributed by atoms with van der Waals surface area (Å²) in [5.41, 5.74) is 1.75. The van der Waals surface area contributed by atoms with Crippen molar-refractivity contribution in [3.8, 4) is 21.9 Å². The number of allylic oxidation sites excluding steroid dienone is 2. The van der Waals surface area contributed by atoms with Gasteiger partial charge in [0.05, 0.1) is 26.1 Å². The summed E-state index contributed by atoms with van der Waals surface area (Å²) in [6.07, 6.45) is 4.52. The minimum absolute atomic E-state index is 0.0584. The molecule has 2 aromatic carbocycles. The molecule has 1 heterocycles. The molecule has 9 nitrogen and oxygen atoms in total. The average Bonchev–Trinajstić information content (AvgIpc) is 3.39. The highest BCUT2D eigenvalue weighted by Gasteiger charge is 2.13. The third kappa shape index (κ3) is 13.0. The molecule has 0 unspecified atom stereocenters. The molecule has 0 saturated heterocycles. The van der Waals surface area contributed by atoms with E-state index in [4.69, 9.17) is 26.4 Å². The lowest BCUT2D eigenvalue weighted by Crippen LogP contribution is -2.14. The van der Waals surface area contributed by atoms with Gasteiger partial charge in [-0.3, -0.25) is 9.59 Å². The maximum Gasteiger partial charge on any atom is 0.311 e. The fraction of sp³-hybridized carbons (Fsp3) is 0.321. The SMILES string of the molecule is C/C=C\C.O=C(CCC(=O)Oc1ccccc1COc1ccc(-c2cc(=S)ss2)cc1)OCCCCO[N+](=O)[O-]. The number of carbonyl (C=O) groups excluding carboxylic acids is 2. The number of carbonyl (C=O) groups is 2. The summed E-state index contributed by atoms with van der Waals surface area (Å²) in [7, 11) is 3.20. The number of hydrogen-bond acceptors (Lipinski definition) is 11. The monoisotopic (exact) mass is 605 g/mol. The molecule has 0 aliphatic heterocycles. The topological polar surface area (TPSA) is 114 Å². The van der Waals surface area contributed by atoms with Crippen LogP contribution in [0.1, 0.15) is 45.1 Å². The Kier molecular flexibility index (Phi) is 15.2. The van der Waals surface area contributed by atoms with Gasteiger partial charge in [0.2, 0.25) is 0 Å². The Morgan fingerprint density at radius 3 is 2.27 bits per heavy atom. The molecule has 0 fully saturated rings. The number of esters is 2. The van der Waals surface area contributed by atoms with Crippen molar-refractivity contribution in [2.24, 2.45) is 0 Å². The molecule has 0 atom stereocenters. The molecular weight excluding hydrogens is 575 g/mol. The van der Waals surface area contributed by atoms with Gasteiger partial charge in [-0.25, -0.2) is 0 Å². The molecule has 1 aromatic heterocycles. The van der Waals surface area contributed by atoms with Crippen molar-refractivity contribution in [3.05, 3.63) is 86.3 Å². The molecule has 0 aliphatic rings. The first-order valence-corrected chi connectivity index (χ1v) is 15.0. The predicted molar refractivity (Wildman–Crippen MR) is 158 cm³/mol. The molecule has 0 N–H and O–H groups in total. The molecule has 3 rings (SSSR count). The van der Waals surface area contributed by atoms with Crippen LogP contribution < -0.4 is 9.47 Å². The van der Waals surface area contributed by atoms with Crippen LogP contribution in [0.4, 0.5) is 0 Å². The fourth-order valence-electron chi connectivity index (χ4n) is 2.95. The van der Waals surface area contributed by atoms with Crippen molar-refractivity contribution in [3.63, 3.8) is 0 Å². The van der Waals surface area contributed by atoms with Crippen molar-refractivity contribution in [1.82, 2.24) is 0 Å². The minimum Gasteiger partial charge on any atom is -0.489 e. The second-order valence-electron chi connectivity index (χ2n) is 8.04. The average molecular weight is 606 g/mol. The number of unbranched alkanes of at least 4 members (excludes halogenated alkanes) is 1. The van der Waals surface area contributed by atoms with Crippen molar-refractivity contribution in [1.29, 1.82) is 0 Å². The second kappa shape index (κ2) is 18.6. The number of nitrogens with zero attached hydrogens (tertiary/aromatic N) is 1. The molecule has 0 bridgehead atoms. The highest BCUT2D eigenvalue weighted by molar-refractivity contribution is 7.80. The van der Waals surface area contributed by atoms with Crippen LogP contribution in [0.25, 0.3) is 10.4 Å². The van der Waals surface area contributed by atoms with Gasteiger partial charge in [0.25, 0.3) is 5.09 Å². The number of para-hydroxylation sites is 1. The van der Waals surface area contributed by atoms with Crippen molar-refractivity contribution in [2.45, 2.75) is 46.1 Å².